The van der Waals surface area contributed by atoms with Gasteiger partial charge in [0.15, 0.2) is 0 Å². The fraction of sp³-hybridized carbons (Fsp3) is 0. The zero-order valence-corrected chi connectivity index (χ0v) is 9.02. The molecule has 2 aromatic rings. The van der Waals surface area contributed by atoms with E-state index in [1.807, 2.05) is 36.4 Å². The van der Waals surface area contributed by atoms with E-state index in [2.05, 4.69) is 9.97 Å². The Balaban J connectivity index is 0.000000845. The molecule has 0 unspecified atom stereocenters. The van der Waals surface area contributed by atoms with Gasteiger partial charge < -0.3 is 12.4 Å². The number of pyridine rings is 2. The number of aromatic nitrogens is 2. The van der Waals surface area contributed by atoms with Gasteiger partial charge in [-0.25, -0.2) is 0 Å². The van der Waals surface area contributed by atoms with Crippen molar-refractivity contribution in [1.82, 2.24) is 9.97 Å². The summed E-state index contributed by atoms with van der Waals surface area (Å²) < 4.78 is 0. The summed E-state index contributed by atoms with van der Waals surface area (Å²) in [5.41, 5.74) is 1.83. The van der Waals surface area contributed by atoms with Crippen molar-refractivity contribution in [3.63, 3.8) is 0 Å². The molecule has 0 aliphatic heterocycles. The molecule has 0 saturated heterocycles. The second kappa shape index (κ2) is 6.54. The SMILES string of the molecule is [Cl-].[Co+2].c1ccc(-c2ccccn2)nc1. The van der Waals surface area contributed by atoms with Gasteiger partial charge in [-0.1, -0.05) is 12.1 Å². The molecule has 0 aromatic carbocycles. The molecule has 1 radical (unpaired) electrons. The van der Waals surface area contributed by atoms with Crippen LogP contribution in [0, 0.1) is 0 Å². The van der Waals surface area contributed by atoms with E-state index in [9.17, 15) is 0 Å². The molecule has 4 heteroatoms. The van der Waals surface area contributed by atoms with E-state index in [1.54, 1.807) is 12.4 Å². The monoisotopic (exact) mass is 250 g/mol. The molecule has 2 rings (SSSR count). The average Bonchev–Trinajstić information content (AvgIpc) is 2.21. The third kappa shape index (κ3) is 3.10. The van der Waals surface area contributed by atoms with Crippen LogP contribution >= 0.6 is 0 Å². The maximum absolute atomic E-state index is 4.19. The van der Waals surface area contributed by atoms with Crippen molar-refractivity contribution in [2.45, 2.75) is 0 Å². The van der Waals surface area contributed by atoms with Crippen LogP contribution in [-0.2, 0) is 16.8 Å². The van der Waals surface area contributed by atoms with Gasteiger partial charge in [0.2, 0.25) is 0 Å². The topological polar surface area (TPSA) is 25.8 Å². The van der Waals surface area contributed by atoms with Crippen LogP contribution in [0.15, 0.2) is 48.8 Å². The summed E-state index contributed by atoms with van der Waals surface area (Å²) in [4.78, 5) is 8.37. The van der Waals surface area contributed by atoms with Crippen molar-refractivity contribution in [1.29, 1.82) is 0 Å². The van der Waals surface area contributed by atoms with E-state index in [1.165, 1.54) is 0 Å². The van der Waals surface area contributed by atoms with Crippen molar-refractivity contribution in [2.24, 2.45) is 0 Å². The minimum atomic E-state index is 0. The first-order valence-corrected chi connectivity index (χ1v) is 3.79. The van der Waals surface area contributed by atoms with Crippen LogP contribution in [0.3, 0.4) is 0 Å². The molecule has 0 aliphatic carbocycles. The second-order valence-electron chi connectivity index (χ2n) is 2.43. The Hall–Kier alpha value is -0.904. The second-order valence-corrected chi connectivity index (χ2v) is 2.43. The van der Waals surface area contributed by atoms with Crippen molar-refractivity contribution >= 4 is 0 Å². The Morgan fingerprint density at radius 1 is 0.714 bits per heavy atom. The number of hydrogen-bond donors (Lipinski definition) is 0. The van der Waals surface area contributed by atoms with Crippen molar-refractivity contribution in [2.75, 3.05) is 0 Å². The van der Waals surface area contributed by atoms with Crippen molar-refractivity contribution in [3.8, 4) is 11.4 Å². The molecule has 0 amide bonds. The Labute approximate surface area is 99.4 Å². The van der Waals surface area contributed by atoms with E-state index < -0.39 is 0 Å². The molecule has 0 spiro atoms. The maximum atomic E-state index is 4.19. The molecule has 0 saturated carbocycles. The summed E-state index contributed by atoms with van der Waals surface area (Å²) >= 11 is 0. The van der Waals surface area contributed by atoms with E-state index in [0.29, 0.717) is 0 Å². The molecule has 2 aromatic heterocycles. The van der Waals surface area contributed by atoms with E-state index in [0.717, 1.165) is 11.4 Å². The summed E-state index contributed by atoms with van der Waals surface area (Å²) in [5.74, 6) is 0. The predicted molar refractivity (Wildman–Crippen MR) is 47.5 cm³/mol. The Morgan fingerprint density at radius 3 is 1.43 bits per heavy atom. The Kier molecular flexibility index (Phi) is 6.11. The van der Waals surface area contributed by atoms with Gasteiger partial charge in [-0.2, -0.15) is 0 Å². The van der Waals surface area contributed by atoms with Gasteiger partial charge in [0.1, 0.15) is 0 Å². The Morgan fingerprint density at radius 2 is 1.14 bits per heavy atom. The first-order valence-electron chi connectivity index (χ1n) is 3.79. The standard InChI is InChI=1S/C10H8N2.ClH.Co/c1-3-7-11-9(5-1)10-6-2-4-8-12-10;;/h1-8H;1H;/q;;+2/p-1. The molecule has 14 heavy (non-hydrogen) atoms. The number of nitrogens with zero attached hydrogens (tertiary/aromatic N) is 2. The molecule has 73 valence electrons. The van der Waals surface area contributed by atoms with E-state index in [4.69, 9.17) is 0 Å². The fourth-order valence-corrected chi connectivity index (χ4v) is 1.03. The molecule has 0 bridgehead atoms. The van der Waals surface area contributed by atoms with Crippen LogP contribution in [0.5, 0.6) is 0 Å². The maximum Gasteiger partial charge on any atom is 2.00 e. The van der Waals surface area contributed by atoms with Crippen LogP contribution in [0.2, 0.25) is 0 Å². The van der Waals surface area contributed by atoms with Gasteiger partial charge in [0.25, 0.3) is 0 Å². The van der Waals surface area contributed by atoms with Crippen LogP contribution < -0.4 is 12.4 Å². The van der Waals surface area contributed by atoms with Crippen LogP contribution in [0.25, 0.3) is 11.4 Å². The summed E-state index contributed by atoms with van der Waals surface area (Å²) in [6.45, 7) is 0. The smallest absolute Gasteiger partial charge is 1.00 e. The van der Waals surface area contributed by atoms with Gasteiger partial charge in [0, 0.05) is 12.4 Å². The van der Waals surface area contributed by atoms with Crippen LogP contribution in [0.4, 0.5) is 0 Å². The van der Waals surface area contributed by atoms with Crippen molar-refractivity contribution in [3.05, 3.63) is 48.8 Å². The molecular weight excluding hydrogens is 243 g/mol. The zero-order chi connectivity index (χ0) is 8.23. The number of halogens is 1. The molecule has 2 nitrogen and oxygen atoms in total. The fourth-order valence-electron chi connectivity index (χ4n) is 1.03. The number of rotatable bonds is 1. The third-order valence-corrected chi connectivity index (χ3v) is 1.59. The van der Waals surface area contributed by atoms with Crippen LogP contribution in [-0.4, -0.2) is 9.97 Å². The zero-order valence-electron chi connectivity index (χ0n) is 7.22. The van der Waals surface area contributed by atoms with Crippen molar-refractivity contribution < 1.29 is 29.2 Å². The quantitative estimate of drug-likeness (QED) is 0.659. The largest absolute Gasteiger partial charge is 2.00 e. The molecule has 0 fully saturated rings. The van der Waals surface area contributed by atoms with Crippen LogP contribution in [0.1, 0.15) is 0 Å². The van der Waals surface area contributed by atoms with Gasteiger partial charge in [0.05, 0.1) is 11.4 Å². The minimum Gasteiger partial charge on any atom is -1.00 e. The Bertz CT molecular complexity index is 316. The molecule has 0 atom stereocenters. The normalized spacial score (nSPS) is 8.29. The molecule has 0 N–H and O–H groups in total. The average molecular weight is 251 g/mol. The summed E-state index contributed by atoms with van der Waals surface area (Å²) in [6.07, 6.45) is 3.54. The first-order chi connectivity index (χ1) is 5.97. The van der Waals surface area contributed by atoms with Gasteiger partial charge >= 0.3 is 16.8 Å². The molecule has 2 heterocycles. The molecular formula is C10H8ClCoN2+. The third-order valence-electron chi connectivity index (χ3n) is 1.59. The predicted octanol–water partition coefficient (Wildman–Crippen LogP) is -0.855. The van der Waals surface area contributed by atoms with Gasteiger partial charge in [-0.05, 0) is 24.3 Å². The number of hydrogen-bond acceptors (Lipinski definition) is 2. The summed E-state index contributed by atoms with van der Waals surface area (Å²) in [6, 6.07) is 11.6. The van der Waals surface area contributed by atoms with Gasteiger partial charge in [-0.15, -0.1) is 0 Å². The van der Waals surface area contributed by atoms with Gasteiger partial charge in [-0.3, -0.25) is 9.97 Å². The van der Waals surface area contributed by atoms with E-state index in [-0.39, 0.29) is 29.2 Å². The first kappa shape index (κ1) is 13.1. The van der Waals surface area contributed by atoms with E-state index >= 15 is 0 Å². The summed E-state index contributed by atoms with van der Waals surface area (Å²) in [7, 11) is 0. The molecule has 0 aliphatic rings. The summed E-state index contributed by atoms with van der Waals surface area (Å²) in [5, 5.41) is 0. The minimum absolute atomic E-state index is 0.